The van der Waals surface area contributed by atoms with Crippen LogP contribution in [0.5, 0.6) is 0 Å². The van der Waals surface area contributed by atoms with Crippen LogP contribution in [0.3, 0.4) is 0 Å². The van der Waals surface area contributed by atoms with Crippen molar-refractivity contribution in [3.63, 3.8) is 0 Å². The van der Waals surface area contributed by atoms with E-state index in [1.807, 2.05) is 18.7 Å². The number of benzene rings is 1. The van der Waals surface area contributed by atoms with E-state index >= 15 is 0 Å². The molecule has 1 aromatic carbocycles. The maximum Gasteiger partial charge on any atom is 0.321 e. The minimum atomic E-state index is -0.440. The Morgan fingerprint density at radius 3 is 2.25 bits per heavy atom. The number of hydrogen-bond donors (Lipinski definition) is 1. The lowest BCUT2D eigenvalue weighted by atomic mass is 9.85. The Morgan fingerprint density at radius 1 is 1.07 bits per heavy atom. The van der Waals surface area contributed by atoms with Crippen LogP contribution in [0.1, 0.15) is 20.3 Å². The van der Waals surface area contributed by atoms with Gasteiger partial charge >= 0.3 is 6.03 Å². The average molecular weight is 407 g/mol. The zero-order valence-corrected chi connectivity index (χ0v) is 17.3. The van der Waals surface area contributed by atoms with Crippen molar-refractivity contribution >= 4 is 35.1 Å². The predicted octanol–water partition coefficient (Wildman–Crippen LogP) is 2.52. The average Bonchev–Trinajstić information content (AvgIpc) is 2.80. The molecule has 0 aromatic heterocycles. The molecule has 1 atom stereocenters. The van der Waals surface area contributed by atoms with Gasteiger partial charge in [0.05, 0.1) is 0 Å². The normalized spacial score (nSPS) is 22.8. The summed E-state index contributed by atoms with van der Waals surface area (Å²) in [7, 11) is 1.77. The molecule has 2 aliphatic rings. The van der Waals surface area contributed by atoms with Crippen LogP contribution < -0.4 is 5.32 Å². The second kappa shape index (κ2) is 7.99. The van der Waals surface area contributed by atoms with Gasteiger partial charge in [-0.15, -0.1) is 0 Å². The fraction of sp³-hybridized carbons (Fsp3) is 0.550. The molecule has 1 spiro atoms. The van der Waals surface area contributed by atoms with Crippen molar-refractivity contribution in [2.45, 2.75) is 20.3 Å². The Bertz CT molecular complexity index is 767. The SMILES string of the molecule is CC(C)C(=O)N1CCN(C(=O)Nc2ccc(Cl)cc2)CC2(CC(=O)N(C)C2)C1. The zero-order valence-electron chi connectivity index (χ0n) is 16.6. The molecule has 0 bridgehead atoms. The number of nitrogens with zero attached hydrogens (tertiary/aromatic N) is 3. The highest BCUT2D eigenvalue weighted by atomic mass is 35.5. The van der Waals surface area contributed by atoms with Crippen molar-refractivity contribution in [1.82, 2.24) is 14.7 Å². The Hall–Kier alpha value is -2.28. The van der Waals surface area contributed by atoms with Crippen molar-refractivity contribution in [2.24, 2.45) is 11.3 Å². The minimum absolute atomic E-state index is 0.0527. The van der Waals surface area contributed by atoms with Crippen LogP contribution in [0, 0.1) is 11.3 Å². The number of urea groups is 1. The van der Waals surface area contributed by atoms with E-state index in [1.54, 1.807) is 41.1 Å². The molecule has 0 aliphatic carbocycles. The molecule has 8 heteroatoms. The molecule has 0 radical (unpaired) electrons. The van der Waals surface area contributed by atoms with Gasteiger partial charge in [0.1, 0.15) is 0 Å². The van der Waals surface area contributed by atoms with Gasteiger partial charge in [-0.05, 0) is 24.3 Å². The van der Waals surface area contributed by atoms with E-state index in [-0.39, 0.29) is 23.8 Å². The number of likely N-dealkylation sites (tertiary alicyclic amines) is 1. The molecule has 2 fully saturated rings. The molecule has 7 nitrogen and oxygen atoms in total. The van der Waals surface area contributed by atoms with Gasteiger partial charge in [-0.3, -0.25) is 9.59 Å². The van der Waals surface area contributed by atoms with Crippen LogP contribution in [0.4, 0.5) is 10.5 Å². The molecule has 0 saturated carbocycles. The third-order valence-electron chi connectivity index (χ3n) is 5.41. The van der Waals surface area contributed by atoms with E-state index in [0.29, 0.717) is 49.9 Å². The van der Waals surface area contributed by atoms with Gasteiger partial charge in [0.2, 0.25) is 11.8 Å². The fourth-order valence-corrected chi connectivity index (χ4v) is 4.16. The molecule has 28 heavy (non-hydrogen) atoms. The van der Waals surface area contributed by atoms with Gasteiger partial charge < -0.3 is 20.0 Å². The number of carbonyl (C=O) groups is 3. The van der Waals surface area contributed by atoms with E-state index in [9.17, 15) is 14.4 Å². The Balaban J connectivity index is 1.80. The molecule has 3 rings (SSSR count). The number of rotatable bonds is 2. The minimum Gasteiger partial charge on any atom is -0.345 e. The van der Waals surface area contributed by atoms with E-state index in [2.05, 4.69) is 5.32 Å². The summed E-state index contributed by atoms with van der Waals surface area (Å²) in [5.74, 6) is -0.0143. The third kappa shape index (κ3) is 4.41. The molecule has 4 amide bonds. The van der Waals surface area contributed by atoms with Crippen LogP contribution in [0.2, 0.25) is 5.02 Å². The molecule has 2 aliphatic heterocycles. The summed E-state index contributed by atoms with van der Waals surface area (Å²) < 4.78 is 0. The quantitative estimate of drug-likeness (QED) is 0.820. The molecular weight excluding hydrogens is 380 g/mol. The topological polar surface area (TPSA) is 73.0 Å². The lowest BCUT2D eigenvalue weighted by Crippen LogP contribution is -2.46. The second-order valence-electron chi connectivity index (χ2n) is 8.20. The zero-order chi connectivity index (χ0) is 20.5. The number of amides is 4. The molecule has 1 aromatic rings. The summed E-state index contributed by atoms with van der Waals surface area (Å²) in [5.41, 5.74) is 0.215. The first-order valence-electron chi connectivity index (χ1n) is 9.53. The molecule has 2 heterocycles. The van der Waals surface area contributed by atoms with Gasteiger partial charge in [-0.1, -0.05) is 25.4 Å². The molecule has 1 unspecified atom stereocenters. The summed E-state index contributed by atoms with van der Waals surface area (Å²) in [6, 6.07) is 6.69. The maximum absolute atomic E-state index is 12.9. The summed E-state index contributed by atoms with van der Waals surface area (Å²) in [6.45, 7) is 6.10. The van der Waals surface area contributed by atoms with E-state index in [1.165, 1.54) is 0 Å². The van der Waals surface area contributed by atoms with Crippen molar-refractivity contribution < 1.29 is 14.4 Å². The number of anilines is 1. The van der Waals surface area contributed by atoms with Gasteiger partial charge in [-0.25, -0.2) is 4.79 Å². The fourth-order valence-electron chi connectivity index (χ4n) is 4.04. The molecule has 152 valence electrons. The third-order valence-corrected chi connectivity index (χ3v) is 5.66. The highest BCUT2D eigenvalue weighted by Crippen LogP contribution is 2.35. The van der Waals surface area contributed by atoms with E-state index < -0.39 is 5.41 Å². The summed E-state index contributed by atoms with van der Waals surface area (Å²) in [6.07, 6.45) is 0.343. The number of hydrogen-bond acceptors (Lipinski definition) is 3. The number of carbonyl (C=O) groups excluding carboxylic acids is 3. The summed E-state index contributed by atoms with van der Waals surface area (Å²) in [5, 5.41) is 3.49. The van der Waals surface area contributed by atoms with Crippen molar-refractivity contribution in [2.75, 3.05) is 45.1 Å². The molecule has 2 saturated heterocycles. The second-order valence-corrected chi connectivity index (χ2v) is 8.64. The lowest BCUT2D eigenvalue weighted by Gasteiger charge is -2.33. The van der Waals surface area contributed by atoms with Crippen LogP contribution in [-0.4, -0.2) is 72.3 Å². The lowest BCUT2D eigenvalue weighted by molar-refractivity contribution is -0.135. The first kappa shape index (κ1) is 20.5. The largest absolute Gasteiger partial charge is 0.345 e. The Labute approximate surface area is 170 Å². The van der Waals surface area contributed by atoms with Crippen LogP contribution in [0.15, 0.2) is 24.3 Å². The van der Waals surface area contributed by atoms with Crippen LogP contribution >= 0.6 is 11.6 Å². The van der Waals surface area contributed by atoms with Gasteiger partial charge in [-0.2, -0.15) is 0 Å². The van der Waals surface area contributed by atoms with Crippen LogP contribution in [-0.2, 0) is 9.59 Å². The summed E-state index contributed by atoms with van der Waals surface area (Å²) in [4.78, 5) is 43.0. The molecule has 1 N–H and O–H groups in total. The van der Waals surface area contributed by atoms with Gasteiger partial charge in [0, 0.05) is 68.2 Å². The van der Waals surface area contributed by atoms with E-state index in [4.69, 9.17) is 11.6 Å². The number of nitrogens with one attached hydrogen (secondary N) is 1. The first-order valence-corrected chi connectivity index (χ1v) is 9.91. The van der Waals surface area contributed by atoms with Crippen LogP contribution in [0.25, 0.3) is 0 Å². The highest BCUT2D eigenvalue weighted by Gasteiger charge is 2.47. The van der Waals surface area contributed by atoms with Crippen molar-refractivity contribution in [3.05, 3.63) is 29.3 Å². The molecular formula is C20H27ClN4O3. The standard InChI is InChI=1S/C20H27ClN4O3/c1-14(2)18(27)24-8-9-25(13-20(12-24)10-17(26)23(3)11-20)19(28)22-16-6-4-15(21)5-7-16/h4-7,14H,8-13H2,1-3H3,(H,22,28). The first-order chi connectivity index (χ1) is 13.2. The van der Waals surface area contributed by atoms with Crippen molar-refractivity contribution in [1.29, 1.82) is 0 Å². The van der Waals surface area contributed by atoms with Gasteiger partial charge in [0.15, 0.2) is 0 Å². The van der Waals surface area contributed by atoms with Crippen molar-refractivity contribution in [3.8, 4) is 0 Å². The smallest absolute Gasteiger partial charge is 0.321 e. The number of halogens is 1. The maximum atomic E-state index is 12.9. The Morgan fingerprint density at radius 2 is 1.68 bits per heavy atom. The summed E-state index contributed by atoms with van der Waals surface area (Å²) >= 11 is 5.90. The van der Waals surface area contributed by atoms with E-state index in [0.717, 1.165) is 0 Å². The van der Waals surface area contributed by atoms with Gasteiger partial charge in [0.25, 0.3) is 0 Å². The highest BCUT2D eigenvalue weighted by molar-refractivity contribution is 6.30. The monoisotopic (exact) mass is 406 g/mol. The predicted molar refractivity (Wildman–Crippen MR) is 108 cm³/mol. The Kier molecular flexibility index (Phi) is 5.84.